The summed E-state index contributed by atoms with van der Waals surface area (Å²) in [7, 11) is 1.59. The van der Waals surface area contributed by atoms with Crippen LogP contribution >= 0.6 is 15.9 Å². The number of benzene rings is 2. The van der Waals surface area contributed by atoms with Crippen molar-refractivity contribution in [3.8, 4) is 5.75 Å². The number of nitrogens with zero attached hydrogens (tertiary/aromatic N) is 1. The van der Waals surface area contributed by atoms with Crippen molar-refractivity contribution in [2.45, 2.75) is 6.54 Å². The van der Waals surface area contributed by atoms with Crippen LogP contribution in [0.5, 0.6) is 5.75 Å². The van der Waals surface area contributed by atoms with Crippen LogP contribution in [0, 0.1) is 0 Å². The molecule has 3 rings (SSSR count). The van der Waals surface area contributed by atoms with Gasteiger partial charge in [0.15, 0.2) is 0 Å². The van der Waals surface area contributed by atoms with Crippen molar-refractivity contribution in [1.29, 1.82) is 0 Å². The first kappa shape index (κ1) is 21.4. The molecular formula is C23H21BrN2O4. The summed E-state index contributed by atoms with van der Waals surface area (Å²) in [5, 5.41) is 2.81. The minimum atomic E-state index is -0.309. The maximum Gasteiger partial charge on any atom is 0.247 e. The summed E-state index contributed by atoms with van der Waals surface area (Å²) in [5.74, 6) is 0.671. The summed E-state index contributed by atoms with van der Waals surface area (Å²) in [6.07, 6.45) is 4.65. The average molecular weight is 469 g/mol. The quantitative estimate of drug-likeness (QED) is 0.485. The molecule has 0 aliphatic heterocycles. The first-order chi connectivity index (χ1) is 14.5. The fraction of sp³-hybridized carbons (Fsp3) is 0.130. The van der Waals surface area contributed by atoms with E-state index in [0.29, 0.717) is 17.2 Å². The van der Waals surface area contributed by atoms with Gasteiger partial charge in [0.05, 0.1) is 25.6 Å². The SMILES string of the molecule is COc1cccc(C=CC(=O)N(CC(=O)Nc2ccccc2Br)Cc2ccco2)c1. The normalized spacial score (nSPS) is 10.7. The molecule has 0 saturated carbocycles. The number of anilines is 1. The summed E-state index contributed by atoms with van der Waals surface area (Å²) >= 11 is 3.40. The Bertz CT molecular complexity index is 1030. The van der Waals surface area contributed by atoms with Gasteiger partial charge < -0.3 is 19.4 Å². The molecule has 0 atom stereocenters. The Balaban J connectivity index is 1.72. The number of amides is 2. The van der Waals surface area contributed by atoms with Gasteiger partial charge in [-0.15, -0.1) is 0 Å². The predicted molar refractivity (Wildman–Crippen MR) is 119 cm³/mol. The summed E-state index contributed by atoms with van der Waals surface area (Å²) in [5.41, 5.74) is 1.46. The van der Waals surface area contributed by atoms with E-state index in [2.05, 4.69) is 21.2 Å². The molecule has 1 N–H and O–H groups in total. The van der Waals surface area contributed by atoms with Crippen molar-refractivity contribution >= 4 is 39.5 Å². The van der Waals surface area contributed by atoms with Gasteiger partial charge in [-0.3, -0.25) is 9.59 Å². The van der Waals surface area contributed by atoms with Gasteiger partial charge in [0.1, 0.15) is 18.1 Å². The van der Waals surface area contributed by atoms with Crippen molar-refractivity contribution in [3.05, 3.63) is 88.8 Å². The highest BCUT2D eigenvalue weighted by atomic mass is 79.9. The van der Waals surface area contributed by atoms with Gasteiger partial charge in [-0.2, -0.15) is 0 Å². The molecule has 7 heteroatoms. The van der Waals surface area contributed by atoms with E-state index in [0.717, 1.165) is 10.0 Å². The zero-order chi connectivity index (χ0) is 21.3. The Morgan fingerprint density at radius 2 is 1.97 bits per heavy atom. The number of halogens is 1. The molecule has 0 saturated heterocycles. The molecule has 1 aromatic heterocycles. The molecule has 6 nitrogen and oxygen atoms in total. The maximum atomic E-state index is 12.8. The third-order valence-electron chi connectivity index (χ3n) is 4.23. The highest BCUT2D eigenvalue weighted by Crippen LogP contribution is 2.21. The van der Waals surface area contributed by atoms with Crippen LogP contribution in [0.15, 0.2) is 81.9 Å². The zero-order valence-corrected chi connectivity index (χ0v) is 18.0. The van der Waals surface area contributed by atoms with Crippen LogP contribution in [0.25, 0.3) is 6.08 Å². The van der Waals surface area contributed by atoms with Gasteiger partial charge >= 0.3 is 0 Å². The molecule has 0 bridgehead atoms. The lowest BCUT2D eigenvalue weighted by Crippen LogP contribution is -2.36. The minimum absolute atomic E-state index is 0.122. The van der Waals surface area contributed by atoms with Crippen molar-refractivity contribution in [2.75, 3.05) is 19.0 Å². The molecule has 154 valence electrons. The highest BCUT2D eigenvalue weighted by Gasteiger charge is 2.17. The van der Waals surface area contributed by atoms with Crippen LogP contribution in [-0.2, 0) is 16.1 Å². The predicted octanol–water partition coefficient (Wildman–Crippen LogP) is 4.73. The highest BCUT2D eigenvalue weighted by molar-refractivity contribution is 9.10. The number of carbonyl (C=O) groups is 2. The number of nitrogens with one attached hydrogen (secondary N) is 1. The van der Waals surface area contributed by atoms with E-state index in [4.69, 9.17) is 9.15 Å². The van der Waals surface area contributed by atoms with E-state index in [1.807, 2.05) is 42.5 Å². The Labute approximate surface area is 183 Å². The second-order valence-electron chi connectivity index (χ2n) is 6.41. The standard InChI is InChI=1S/C23H21BrN2O4/c1-29-18-7-4-6-17(14-18)11-12-23(28)26(15-19-8-5-13-30-19)16-22(27)25-21-10-3-2-9-20(21)24/h2-14H,15-16H2,1H3,(H,25,27). The number of carbonyl (C=O) groups excluding carboxylic acids is 2. The molecule has 0 aliphatic rings. The molecule has 0 fully saturated rings. The van der Waals surface area contributed by atoms with Gasteiger partial charge in [0, 0.05) is 10.5 Å². The van der Waals surface area contributed by atoms with E-state index in [9.17, 15) is 9.59 Å². The second-order valence-corrected chi connectivity index (χ2v) is 7.27. The number of hydrogen-bond donors (Lipinski definition) is 1. The third kappa shape index (κ3) is 6.09. The van der Waals surface area contributed by atoms with Gasteiger partial charge in [0.25, 0.3) is 0 Å². The number of para-hydroxylation sites is 1. The summed E-state index contributed by atoms with van der Waals surface area (Å²) in [6, 6.07) is 18.1. The van der Waals surface area contributed by atoms with Crippen molar-refractivity contribution in [2.24, 2.45) is 0 Å². The van der Waals surface area contributed by atoms with Crippen molar-refractivity contribution in [1.82, 2.24) is 4.90 Å². The molecule has 1 heterocycles. The number of hydrogen-bond acceptors (Lipinski definition) is 4. The van der Waals surface area contributed by atoms with E-state index < -0.39 is 0 Å². The van der Waals surface area contributed by atoms with Crippen LogP contribution in [-0.4, -0.2) is 30.4 Å². The number of rotatable bonds is 8. The van der Waals surface area contributed by atoms with Gasteiger partial charge in [-0.25, -0.2) is 0 Å². The molecule has 0 spiro atoms. The van der Waals surface area contributed by atoms with E-state index in [-0.39, 0.29) is 24.9 Å². The zero-order valence-electron chi connectivity index (χ0n) is 16.4. The smallest absolute Gasteiger partial charge is 0.247 e. The van der Waals surface area contributed by atoms with Crippen LogP contribution in [0.1, 0.15) is 11.3 Å². The third-order valence-corrected chi connectivity index (χ3v) is 4.92. The minimum Gasteiger partial charge on any atom is -0.497 e. The van der Waals surface area contributed by atoms with Crippen LogP contribution < -0.4 is 10.1 Å². The summed E-state index contributed by atoms with van der Waals surface area (Å²) < 4.78 is 11.3. The molecule has 30 heavy (non-hydrogen) atoms. The number of furan rings is 1. The Hall–Kier alpha value is -3.32. The van der Waals surface area contributed by atoms with Crippen LogP contribution in [0.4, 0.5) is 5.69 Å². The fourth-order valence-electron chi connectivity index (χ4n) is 2.75. The Morgan fingerprint density at radius 1 is 1.13 bits per heavy atom. The van der Waals surface area contributed by atoms with Crippen molar-refractivity contribution in [3.63, 3.8) is 0 Å². The lowest BCUT2D eigenvalue weighted by Gasteiger charge is -2.20. The monoisotopic (exact) mass is 468 g/mol. The number of ether oxygens (including phenoxy) is 1. The molecule has 3 aromatic rings. The molecule has 0 aliphatic carbocycles. The van der Waals surface area contributed by atoms with E-state index >= 15 is 0 Å². The Morgan fingerprint density at radius 3 is 2.70 bits per heavy atom. The molecule has 0 radical (unpaired) electrons. The summed E-state index contributed by atoms with van der Waals surface area (Å²) in [4.78, 5) is 26.8. The van der Waals surface area contributed by atoms with E-state index in [1.54, 1.807) is 31.4 Å². The Kier molecular flexibility index (Phi) is 7.45. The number of methoxy groups -OCH3 is 1. The topological polar surface area (TPSA) is 71.8 Å². The molecule has 2 aromatic carbocycles. The molecule has 2 amide bonds. The largest absolute Gasteiger partial charge is 0.497 e. The van der Waals surface area contributed by atoms with Crippen molar-refractivity contribution < 1.29 is 18.7 Å². The van der Waals surface area contributed by atoms with Gasteiger partial charge in [-0.05, 0) is 64.0 Å². The first-order valence-electron chi connectivity index (χ1n) is 9.23. The molecule has 0 unspecified atom stereocenters. The fourth-order valence-corrected chi connectivity index (χ4v) is 3.13. The average Bonchev–Trinajstić information content (AvgIpc) is 3.26. The lowest BCUT2D eigenvalue weighted by molar-refractivity contribution is -0.131. The molecular weight excluding hydrogens is 448 g/mol. The van der Waals surface area contributed by atoms with Crippen LogP contribution in [0.3, 0.4) is 0 Å². The van der Waals surface area contributed by atoms with Crippen LogP contribution in [0.2, 0.25) is 0 Å². The first-order valence-corrected chi connectivity index (χ1v) is 10.0. The summed E-state index contributed by atoms with van der Waals surface area (Å²) in [6.45, 7) is 0.0565. The van der Waals surface area contributed by atoms with Gasteiger partial charge in [0.2, 0.25) is 11.8 Å². The van der Waals surface area contributed by atoms with E-state index in [1.165, 1.54) is 17.2 Å². The maximum absolute atomic E-state index is 12.8. The second kappa shape index (κ2) is 10.5. The lowest BCUT2D eigenvalue weighted by atomic mass is 10.2. The van der Waals surface area contributed by atoms with Gasteiger partial charge in [-0.1, -0.05) is 24.3 Å².